The number of benzene rings is 3. The van der Waals surface area contributed by atoms with Crippen molar-refractivity contribution in [1.82, 2.24) is 14.4 Å². The molecule has 3 heterocycles. The van der Waals surface area contributed by atoms with Gasteiger partial charge in [-0.15, -0.1) is 0 Å². The van der Waals surface area contributed by atoms with Crippen LogP contribution in [0.4, 0.5) is 11.4 Å². The van der Waals surface area contributed by atoms with E-state index >= 15 is 0 Å². The summed E-state index contributed by atoms with van der Waals surface area (Å²) >= 11 is 2.48. The Bertz CT molecular complexity index is 1780. The van der Waals surface area contributed by atoms with Crippen molar-refractivity contribution < 1.29 is 23.1 Å². The van der Waals surface area contributed by atoms with E-state index in [0.717, 1.165) is 18.7 Å². The molecular weight excluding hydrogens is 653 g/mol. The van der Waals surface area contributed by atoms with Crippen LogP contribution >= 0.6 is 0 Å². The molecule has 0 aliphatic carbocycles. The molecule has 6 rings (SSSR count). The third kappa shape index (κ3) is 6.43. The van der Waals surface area contributed by atoms with Gasteiger partial charge in [0.1, 0.15) is 0 Å². The van der Waals surface area contributed by atoms with E-state index in [1.807, 2.05) is 23.1 Å². The van der Waals surface area contributed by atoms with Crippen molar-refractivity contribution in [1.29, 1.82) is 0 Å². The number of nitrogens with zero attached hydrogens (tertiary/aromatic N) is 4. The number of nitro groups is 1. The second-order valence-corrected chi connectivity index (χ2v) is 12.0. The van der Waals surface area contributed by atoms with E-state index in [4.69, 9.17) is 8.56 Å². The average molecular weight is 688 g/mol. The van der Waals surface area contributed by atoms with Crippen LogP contribution in [0.3, 0.4) is 0 Å². The molecule has 46 heavy (non-hydrogen) atoms. The van der Waals surface area contributed by atoms with Crippen LogP contribution in [0.2, 0.25) is 0 Å². The van der Waals surface area contributed by atoms with E-state index in [1.54, 1.807) is 54.9 Å². The average Bonchev–Trinajstić information content (AvgIpc) is 3.38. The zero-order valence-corrected chi connectivity index (χ0v) is 27.3. The quantitative estimate of drug-likeness (QED) is 0.164. The van der Waals surface area contributed by atoms with Gasteiger partial charge in [-0.1, -0.05) is 24.3 Å². The number of anilines is 1. The van der Waals surface area contributed by atoms with Crippen molar-refractivity contribution in [3.8, 4) is 17.0 Å². The number of morpholine rings is 1. The Kier molecular flexibility index (Phi) is 9.23. The molecule has 0 unspecified atom stereocenters. The Morgan fingerprint density at radius 3 is 2.43 bits per heavy atom. The molecule has 1 aromatic heterocycles. The van der Waals surface area contributed by atoms with Crippen molar-refractivity contribution in [2.45, 2.75) is 25.9 Å². The van der Waals surface area contributed by atoms with Gasteiger partial charge in [0.05, 0.1) is 18.1 Å². The third-order valence-electron chi connectivity index (χ3n) is 8.90. The summed E-state index contributed by atoms with van der Waals surface area (Å²) in [5, 5.41) is 14.8. The number of hydrogen-bond donors (Lipinski definition) is 1. The van der Waals surface area contributed by atoms with Gasteiger partial charge in [-0.25, -0.2) is 0 Å². The zero-order chi connectivity index (χ0) is 32.4. The summed E-state index contributed by atoms with van der Waals surface area (Å²) in [5.41, 5.74) is 5.06. The van der Waals surface area contributed by atoms with E-state index in [9.17, 15) is 19.7 Å². The fourth-order valence-electron chi connectivity index (χ4n) is 6.25. The van der Waals surface area contributed by atoms with Crippen LogP contribution in [0, 0.1) is 17.0 Å². The summed E-state index contributed by atoms with van der Waals surface area (Å²) in [7, 11) is 1.79. The summed E-state index contributed by atoms with van der Waals surface area (Å²) in [6, 6.07) is 21.0. The Hall–Kier alpha value is -4.48. The van der Waals surface area contributed by atoms with Gasteiger partial charge in [0, 0.05) is 38.3 Å². The Labute approximate surface area is 275 Å². The first kappa shape index (κ1) is 31.5. The third-order valence-corrected chi connectivity index (χ3v) is 9.30. The van der Waals surface area contributed by atoms with E-state index in [0.29, 0.717) is 72.2 Å². The molecule has 1 N–H and O–H groups in total. The van der Waals surface area contributed by atoms with Crippen molar-refractivity contribution in [3.05, 3.63) is 111 Å². The molecule has 2 aliphatic heterocycles. The van der Waals surface area contributed by atoms with E-state index in [-0.39, 0.29) is 23.5 Å². The normalized spacial score (nSPS) is 16.5. The standard InChI is InChI=1S/C34H34N5O6Se/c1-22-30(33(40)35-25-7-10-28(45-46)11-8-25)19-32(36(22)2)31-18-26(39(42)43)9-12-29(31)34(41)38-20-24-6-4-3-5-23(24)17-27(38)21-37-13-15-44-16-14-37/h3-12,18-19,27H,13-17,20-21H2,1-2H3,(H,35,40)/t27-/m0/s1. The number of nitrogens with one attached hydrogen (secondary N) is 1. The number of nitro benzene ring substituents is 1. The molecule has 11 nitrogen and oxygen atoms in total. The molecule has 1 saturated heterocycles. The molecule has 0 bridgehead atoms. The predicted octanol–water partition coefficient (Wildman–Crippen LogP) is 4.52. The van der Waals surface area contributed by atoms with E-state index in [2.05, 4.69) is 32.6 Å². The molecule has 2 amide bonds. The molecule has 3 aromatic carbocycles. The fraction of sp³-hybridized carbons (Fsp3) is 0.294. The Balaban J connectivity index is 1.37. The summed E-state index contributed by atoms with van der Waals surface area (Å²) in [5.74, 6) is 0.0639. The van der Waals surface area contributed by atoms with Crippen LogP contribution in [-0.4, -0.2) is 86.3 Å². The van der Waals surface area contributed by atoms with Gasteiger partial charge in [-0.05, 0) is 23.6 Å². The van der Waals surface area contributed by atoms with Gasteiger partial charge in [0.15, 0.2) is 0 Å². The van der Waals surface area contributed by atoms with Crippen molar-refractivity contribution in [2.24, 2.45) is 7.05 Å². The van der Waals surface area contributed by atoms with Crippen molar-refractivity contribution in [3.63, 3.8) is 0 Å². The number of amides is 2. The number of fused-ring (bicyclic) bond motifs is 1. The van der Waals surface area contributed by atoms with Gasteiger partial charge in [-0.2, -0.15) is 0 Å². The van der Waals surface area contributed by atoms with Gasteiger partial charge < -0.3 is 9.64 Å². The summed E-state index contributed by atoms with van der Waals surface area (Å²) in [6.07, 6.45) is 0.707. The van der Waals surface area contributed by atoms with Gasteiger partial charge in [-0.3, -0.25) is 19.8 Å². The Morgan fingerprint density at radius 1 is 1.02 bits per heavy atom. The van der Waals surface area contributed by atoms with Crippen LogP contribution in [0.25, 0.3) is 11.3 Å². The van der Waals surface area contributed by atoms with Crippen LogP contribution in [0.15, 0.2) is 72.8 Å². The Morgan fingerprint density at radius 2 is 1.74 bits per heavy atom. The molecule has 237 valence electrons. The van der Waals surface area contributed by atoms with Crippen LogP contribution in [-0.2, 0) is 24.8 Å². The first-order valence-electron chi connectivity index (χ1n) is 15.1. The monoisotopic (exact) mass is 688 g/mol. The van der Waals surface area contributed by atoms with Gasteiger partial charge in [0.2, 0.25) is 0 Å². The SMILES string of the molecule is Cc1c(C(=O)Nc2ccc(O[Se])cc2)cc(-c2cc([N+](=O)[O-])ccc2C(=O)N2Cc3ccccc3C[C@H]2CN2CCOCC2)n1C. The maximum absolute atomic E-state index is 14.6. The number of rotatable bonds is 8. The van der Waals surface area contributed by atoms with Gasteiger partial charge in [0.25, 0.3) is 11.6 Å². The fourth-order valence-corrected chi connectivity index (χ4v) is 6.48. The number of carbonyl (C=O) groups excluding carboxylic acids is 2. The van der Waals surface area contributed by atoms with Gasteiger partial charge >= 0.3 is 131 Å². The predicted molar refractivity (Wildman–Crippen MR) is 174 cm³/mol. The minimum atomic E-state index is -0.471. The molecule has 1 fully saturated rings. The van der Waals surface area contributed by atoms with Crippen LogP contribution in [0.1, 0.15) is 37.5 Å². The molecule has 1 atom stereocenters. The van der Waals surface area contributed by atoms with Crippen LogP contribution < -0.4 is 9.14 Å². The molecule has 0 saturated carbocycles. The number of aromatic nitrogens is 1. The number of hydrogen-bond acceptors (Lipinski definition) is 7. The summed E-state index contributed by atoms with van der Waals surface area (Å²) in [4.78, 5) is 43.7. The minimum absolute atomic E-state index is 0.0950. The molecule has 4 aromatic rings. The number of ether oxygens (including phenoxy) is 1. The maximum atomic E-state index is 14.6. The topological polar surface area (TPSA) is 119 Å². The molecule has 12 heteroatoms. The van der Waals surface area contributed by atoms with Crippen molar-refractivity contribution in [2.75, 3.05) is 38.2 Å². The first-order chi connectivity index (χ1) is 22.2. The number of non-ortho nitro benzene ring substituents is 1. The summed E-state index contributed by atoms with van der Waals surface area (Å²) in [6.45, 7) is 5.84. The molecular formula is C34H34N5O6Se. The molecule has 1 radical (unpaired) electrons. The van der Waals surface area contributed by atoms with E-state index < -0.39 is 4.92 Å². The molecule has 2 aliphatic rings. The second kappa shape index (κ2) is 13.5. The summed E-state index contributed by atoms with van der Waals surface area (Å²) < 4.78 is 12.4. The van der Waals surface area contributed by atoms with E-state index in [1.165, 1.54) is 17.7 Å². The second-order valence-electron chi connectivity index (χ2n) is 11.6. The zero-order valence-electron chi connectivity index (χ0n) is 25.6. The first-order valence-corrected chi connectivity index (χ1v) is 15.8. The van der Waals surface area contributed by atoms with Crippen molar-refractivity contribution >= 4 is 39.5 Å². The molecule has 0 spiro atoms. The number of carbonyl (C=O) groups is 2. The van der Waals surface area contributed by atoms with Crippen LogP contribution in [0.5, 0.6) is 5.75 Å².